The van der Waals surface area contributed by atoms with Crippen LogP contribution in [0, 0.1) is 0 Å². The molecular formula is C22H16N8O. The van der Waals surface area contributed by atoms with Crippen LogP contribution in [0.15, 0.2) is 97.0 Å². The maximum atomic E-state index is 11.2. The van der Waals surface area contributed by atoms with Gasteiger partial charge in [-0.2, -0.15) is 10.2 Å². The van der Waals surface area contributed by atoms with Crippen molar-refractivity contribution < 1.29 is 0 Å². The van der Waals surface area contributed by atoms with Crippen molar-refractivity contribution in [2.45, 2.75) is 0 Å². The Morgan fingerprint density at radius 1 is 0.677 bits per heavy atom. The van der Waals surface area contributed by atoms with Gasteiger partial charge in [0.05, 0.1) is 12.4 Å². The number of aromatic nitrogens is 8. The quantitative estimate of drug-likeness (QED) is 0.472. The van der Waals surface area contributed by atoms with Crippen LogP contribution in [0.5, 0.6) is 0 Å². The van der Waals surface area contributed by atoms with E-state index in [1.807, 2.05) is 42.7 Å². The third-order valence-corrected chi connectivity index (χ3v) is 4.63. The first-order chi connectivity index (χ1) is 15.3. The third kappa shape index (κ3) is 3.92. The lowest BCUT2D eigenvalue weighted by Crippen LogP contribution is -2.02. The van der Waals surface area contributed by atoms with Gasteiger partial charge in [0.2, 0.25) is 5.56 Å². The summed E-state index contributed by atoms with van der Waals surface area (Å²) in [5, 5.41) is 8.44. The van der Waals surface area contributed by atoms with Gasteiger partial charge in [-0.3, -0.25) is 9.78 Å². The van der Waals surface area contributed by atoms with Crippen molar-refractivity contribution in [2.24, 2.45) is 0 Å². The standard InChI is InChI=1S/C11H8N4O.C11H8N4/c16-11-6-8(1-2-13-11)9-5-10-12-3-4-15(10)14-7-9;1-3-12-4-2-9(1)10-7-11-13-5-6-15(11)14-8-10/h1-7H,(H,13,16);1-8H. The molecule has 150 valence electrons. The Morgan fingerprint density at radius 3 is 1.90 bits per heavy atom. The molecule has 6 rings (SSSR count). The van der Waals surface area contributed by atoms with Crippen molar-refractivity contribution in [3.8, 4) is 22.3 Å². The van der Waals surface area contributed by atoms with Crippen LogP contribution in [0.2, 0.25) is 0 Å². The molecule has 0 fully saturated rings. The summed E-state index contributed by atoms with van der Waals surface area (Å²) in [4.78, 5) is 26.1. The maximum Gasteiger partial charge on any atom is 0.248 e. The highest BCUT2D eigenvalue weighted by molar-refractivity contribution is 5.66. The number of rotatable bonds is 2. The molecule has 6 heterocycles. The van der Waals surface area contributed by atoms with Crippen molar-refractivity contribution in [3.05, 3.63) is 103 Å². The summed E-state index contributed by atoms with van der Waals surface area (Å²) in [7, 11) is 0. The van der Waals surface area contributed by atoms with Gasteiger partial charge in [0.15, 0.2) is 11.3 Å². The number of nitrogens with zero attached hydrogens (tertiary/aromatic N) is 7. The molecule has 0 aromatic carbocycles. The molecule has 9 nitrogen and oxygen atoms in total. The Hall–Kier alpha value is -4.66. The lowest BCUT2D eigenvalue weighted by molar-refractivity contribution is 0.937. The molecule has 0 unspecified atom stereocenters. The Bertz CT molecular complexity index is 1520. The van der Waals surface area contributed by atoms with E-state index in [1.54, 1.807) is 52.4 Å². The van der Waals surface area contributed by atoms with E-state index in [0.717, 1.165) is 33.5 Å². The SMILES string of the molecule is O=c1cc(-c2cnn3ccnc3c2)cc[nH]1.c1cc(-c2cnn3ccnc3c2)ccn1. The highest BCUT2D eigenvalue weighted by atomic mass is 16.1. The minimum atomic E-state index is -0.124. The van der Waals surface area contributed by atoms with Crippen LogP contribution >= 0.6 is 0 Å². The van der Waals surface area contributed by atoms with Gasteiger partial charge in [-0.15, -0.1) is 0 Å². The molecule has 0 aliphatic rings. The van der Waals surface area contributed by atoms with Gasteiger partial charge in [-0.05, 0) is 41.5 Å². The maximum absolute atomic E-state index is 11.2. The van der Waals surface area contributed by atoms with E-state index in [4.69, 9.17) is 0 Å². The third-order valence-electron chi connectivity index (χ3n) is 4.63. The van der Waals surface area contributed by atoms with Crippen LogP contribution < -0.4 is 5.56 Å². The molecule has 0 atom stereocenters. The lowest BCUT2D eigenvalue weighted by atomic mass is 10.1. The van der Waals surface area contributed by atoms with Crippen molar-refractivity contribution in [3.63, 3.8) is 0 Å². The van der Waals surface area contributed by atoms with Crippen molar-refractivity contribution in [2.75, 3.05) is 0 Å². The van der Waals surface area contributed by atoms with Gasteiger partial charge < -0.3 is 4.98 Å². The van der Waals surface area contributed by atoms with E-state index in [0.29, 0.717) is 0 Å². The zero-order valence-electron chi connectivity index (χ0n) is 16.2. The fraction of sp³-hybridized carbons (Fsp3) is 0. The zero-order valence-corrected chi connectivity index (χ0v) is 16.2. The predicted molar refractivity (Wildman–Crippen MR) is 115 cm³/mol. The van der Waals surface area contributed by atoms with Crippen LogP contribution in [0.3, 0.4) is 0 Å². The molecule has 1 N–H and O–H groups in total. The second-order valence-electron chi connectivity index (χ2n) is 6.63. The average Bonchev–Trinajstić information content (AvgIpc) is 3.48. The number of imidazole rings is 2. The Labute approximate surface area is 175 Å². The molecule has 0 aliphatic heterocycles. The van der Waals surface area contributed by atoms with Gasteiger partial charge in [-0.25, -0.2) is 19.0 Å². The van der Waals surface area contributed by atoms with E-state index in [1.165, 1.54) is 6.07 Å². The summed E-state index contributed by atoms with van der Waals surface area (Å²) >= 11 is 0. The summed E-state index contributed by atoms with van der Waals surface area (Å²) in [6, 6.07) is 11.2. The Balaban J connectivity index is 0.000000132. The topological polar surface area (TPSA) is 106 Å². The predicted octanol–water partition coefficient (Wildman–Crippen LogP) is 2.88. The minimum absolute atomic E-state index is 0.124. The van der Waals surface area contributed by atoms with Gasteiger partial charge in [0.25, 0.3) is 0 Å². The number of H-pyrrole nitrogens is 1. The first-order valence-electron chi connectivity index (χ1n) is 9.44. The Kier molecular flexibility index (Phi) is 4.74. The summed E-state index contributed by atoms with van der Waals surface area (Å²) in [5.74, 6) is 0. The summed E-state index contributed by atoms with van der Waals surface area (Å²) in [6.45, 7) is 0. The van der Waals surface area contributed by atoms with Crippen LogP contribution in [-0.2, 0) is 0 Å². The first-order valence-corrected chi connectivity index (χ1v) is 9.44. The van der Waals surface area contributed by atoms with Crippen molar-refractivity contribution in [1.29, 1.82) is 0 Å². The highest BCUT2D eigenvalue weighted by Crippen LogP contribution is 2.18. The largest absolute Gasteiger partial charge is 0.329 e. The Morgan fingerprint density at radius 2 is 1.29 bits per heavy atom. The summed E-state index contributed by atoms with van der Waals surface area (Å²) in [5.41, 5.74) is 5.36. The molecule has 9 heteroatoms. The second kappa shape index (κ2) is 7.99. The van der Waals surface area contributed by atoms with Crippen molar-refractivity contribution in [1.82, 2.24) is 39.2 Å². The highest BCUT2D eigenvalue weighted by Gasteiger charge is 2.02. The molecule has 0 spiro atoms. The van der Waals surface area contributed by atoms with E-state index in [2.05, 4.69) is 30.1 Å². The molecular weight excluding hydrogens is 392 g/mol. The monoisotopic (exact) mass is 408 g/mol. The van der Waals surface area contributed by atoms with Crippen LogP contribution in [0.1, 0.15) is 0 Å². The van der Waals surface area contributed by atoms with E-state index < -0.39 is 0 Å². The van der Waals surface area contributed by atoms with Crippen molar-refractivity contribution >= 4 is 11.3 Å². The molecule has 0 aliphatic carbocycles. The van der Waals surface area contributed by atoms with Crippen LogP contribution in [0.4, 0.5) is 0 Å². The van der Waals surface area contributed by atoms with Gasteiger partial charge in [0.1, 0.15) is 0 Å². The van der Waals surface area contributed by atoms with E-state index in [-0.39, 0.29) is 5.56 Å². The van der Waals surface area contributed by atoms with Gasteiger partial charge >= 0.3 is 0 Å². The molecule has 0 bridgehead atoms. The molecule has 6 aromatic heterocycles. The average molecular weight is 408 g/mol. The van der Waals surface area contributed by atoms with Crippen LogP contribution in [-0.4, -0.2) is 39.2 Å². The first kappa shape index (κ1) is 18.4. The normalized spacial score (nSPS) is 10.7. The fourth-order valence-electron chi connectivity index (χ4n) is 3.10. The fourth-order valence-corrected chi connectivity index (χ4v) is 3.10. The van der Waals surface area contributed by atoms with E-state index >= 15 is 0 Å². The van der Waals surface area contributed by atoms with Gasteiger partial charge in [-0.1, -0.05) is 0 Å². The minimum Gasteiger partial charge on any atom is -0.329 e. The smallest absolute Gasteiger partial charge is 0.248 e. The summed E-state index contributed by atoms with van der Waals surface area (Å²) in [6.07, 6.45) is 15.7. The van der Waals surface area contributed by atoms with Crippen LogP contribution in [0.25, 0.3) is 33.5 Å². The zero-order chi connectivity index (χ0) is 21.0. The molecule has 0 saturated carbocycles. The summed E-state index contributed by atoms with van der Waals surface area (Å²) < 4.78 is 3.42. The lowest BCUT2D eigenvalue weighted by Gasteiger charge is -2.00. The number of fused-ring (bicyclic) bond motifs is 2. The number of hydrogen-bond acceptors (Lipinski definition) is 6. The molecule has 0 saturated heterocycles. The number of pyridine rings is 2. The number of hydrogen-bond donors (Lipinski definition) is 1. The molecule has 31 heavy (non-hydrogen) atoms. The number of nitrogens with one attached hydrogen (secondary N) is 1. The second-order valence-corrected chi connectivity index (χ2v) is 6.63. The number of aromatic amines is 1. The van der Waals surface area contributed by atoms with E-state index in [9.17, 15) is 4.79 Å². The molecule has 0 radical (unpaired) electrons. The van der Waals surface area contributed by atoms with Gasteiger partial charge in [0, 0.05) is 60.6 Å². The molecule has 0 amide bonds. The molecule has 6 aromatic rings.